The van der Waals surface area contributed by atoms with Crippen LogP contribution >= 0.6 is 0 Å². The quantitative estimate of drug-likeness (QED) is 0.718. The highest BCUT2D eigenvalue weighted by atomic mass is 16.5. The summed E-state index contributed by atoms with van der Waals surface area (Å²) in [5, 5.41) is 2.92. The molecule has 2 amide bonds. The Morgan fingerprint density at radius 3 is 2.65 bits per heavy atom. The molecule has 1 aromatic carbocycles. The van der Waals surface area contributed by atoms with E-state index in [4.69, 9.17) is 4.42 Å². The third-order valence-electron chi connectivity index (χ3n) is 6.55. The zero-order valence-corrected chi connectivity index (χ0v) is 17.8. The molecule has 7 heteroatoms. The van der Waals surface area contributed by atoms with Crippen LogP contribution in [0.25, 0.3) is 0 Å². The minimum atomic E-state index is -0.619. The van der Waals surface area contributed by atoms with Crippen molar-refractivity contribution in [2.75, 3.05) is 13.7 Å². The number of fused-ring (bicyclic) bond motifs is 1. The van der Waals surface area contributed by atoms with Crippen LogP contribution in [0.2, 0.25) is 0 Å². The molecule has 0 radical (unpaired) electrons. The summed E-state index contributed by atoms with van der Waals surface area (Å²) in [6.45, 7) is 0.526. The normalized spacial score (nSPS) is 19.7. The summed E-state index contributed by atoms with van der Waals surface area (Å²) in [6, 6.07) is 11.0. The number of nitrogens with zero attached hydrogens (tertiary/aromatic N) is 1. The van der Waals surface area contributed by atoms with Crippen molar-refractivity contribution < 1.29 is 23.5 Å². The van der Waals surface area contributed by atoms with Gasteiger partial charge in [0.25, 0.3) is 5.91 Å². The molecule has 1 aromatic heterocycles. The number of amides is 2. The lowest BCUT2D eigenvalue weighted by atomic mass is 9.65. The van der Waals surface area contributed by atoms with Crippen LogP contribution in [0.3, 0.4) is 0 Å². The van der Waals surface area contributed by atoms with Gasteiger partial charge in [-0.15, -0.1) is 0 Å². The van der Waals surface area contributed by atoms with Crippen LogP contribution in [0.1, 0.15) is 66.1 Å². The predicted molar refractivity (Wildman–Crippen MR) is 113 cm³/mol. The summed E-state index contributed by atoms with van der Waals surface area (Å²) in [7, 11) is 1.33. The molecule has 0 bridgehead atoms. The number of benzene rings is 1. The van der Waals surface area contributed by atoms with E-state index in [1.165, 1.54) is 7.11 Å². The van der Waals surface area contributed by atoms with E-state index in [1.807, 2.05) is 35.2 Å². The van der Waals surface area contributed by atoms with Crippen molar-refractivity contribution in [3.63, 3.8) is 0 Å². The standard InChI is InChI=1S/C24H28N2O5/c1-30-20(27)11-14-25-22(28)21-18-9-3-4-10-19(18)23(29)26(16-17-8-7-15-31-17)24(21)12-5-2-6-13-24/h3-4,7-10,15,21H,2,5-6,11-14,16H2,1H3,(H,25,28). The first kappa shape index (κ1) is 21.2. The molecule has 1 N–H and O–H groups in total. The minimum Gasteiger partial charge on any atom is -0.469 e. The largest absolute Gasteiger partial charge is 0.469 e. The van der Waals surface area contributed by atoms with E-state index < -0.39 is 11.5 Å². The van der Waals surface area contributed by atoms with Gasteiger partial charge in [-0.25, -0.2) is 0 Å². The van der Waals surface area contributed by atoms with Crippen molar-refractivity contribution in [1.82, 2.24) is 10.2 Å². The first-order valence-corrected chi connectivity index (χ1v) is 10.8. The van der Waals surface area contributed by atoms with Crippen LogP contribution in [0.15, 0.2) is 47.1 Å². The van der Waals surface area contributed by atoms with Crippen molar-refractivity contribution >= 4 is 17.8 Å². The van der Waals surface area contributed by atoms with Crippen molar-refractivity contribution in [3.8, 4) is 0 Å². The molecule has 1 spiro atoms. The first-order valence-electron chi connectivity index (χ1n) is 10.8. The zero-order valence-electron chi connectivity index (χ0n) is 17.8. The Balaban J connectivity index is 1.73. The molecule has 164 valence electrons. The number of hydrogen-bond donors (Lipinski definition) is 1. The molecule has 4 rings (SSSR count). The van der Waals surface area contributed by atoms with Gasteiger partial charge >= 0.3 is 5.97 Å². The third-order valence-corrected chi connectivity index (χ3v) is 6.55. The molecule has 1 fully saturated rings. The molecular formula is C24H28N2O5. The number of carbonyl (C=O) groups excluding carboxylic acids is 3. The lowest BCUT2D eigenvalue weighted by molar-refractivity contribution is -0.140. The van der Waals surface area contributed by atoms with Crippen LogP contribution in [0, 0.1) is 0 Å². The predicted octanol–water partition coefficient (Wildman–Crippen LogP) is 3.40. The molecular weight excluding hydrogens is 396 g/mol. The molecule has 2 heterocycles. The Kier molecular flexibility index (Phi) is 6.11. The summed E-state index contributed by atoms with van der Waals surface area (Å²) in [5.41, 5.74) is 0.699. The van der Waals surface area contributed by atoms with Gasteiger partial charge in [0.1, 0.15) is 5.76 Å². The lowest BCUT2D eigenvalue weighted by Crippen LogP contribution is -2.62. The fourth-order valence-corrected chi connectivity index (χ4v) is 5.12. The van der Waals surface area contributed by atoms with Gasteiger partial charge in [-0.3, -0.25) is 14.4 Å². The van der Waals surface area contributed by atoms with E-state index in [0.717, 1.165) is 37.7 Å². The highest BCUT2D eigenvalue weighted by molar-refractivity contribution is 6.02. The second kappa shape index (κ2) is 8.96. The number of rotatable bonds is 6. The molecule has 1 atom stereocenters. The van der Waals surface area contributed by atoms with E-state index in [2.05, 4.69) is 10.1 Å². The maximum atomic E-state index is 13.6. The monoisotopic (exact) mass is 424 g/mol. The lowest BCUT2D eigenvalue weighted by Gasteiger charge is -2.53. The van der Waals surface area contributed by atoms with Crippen molar-refractivity contribution in [1.29, 1.82) is 0 Å². The van der Waals surface area contributed by atoms with Gasteiger partial charge in [0.05, 0.1) is 37.8 Å². The van der Waals surface area contributed by atoms with Gasteiger partial charge in [-0.1, -0.05) is 37.5 Å². The van der Waals surface area contributed by atoms with Crippen LogP contribution < -0.4 is 5.32 Å². The molecule has 0 saturated heterocycles. The summed E-state index contributed by atoms with van der Waals surface area (Å²) in [5.74, 6) is -0.397. The number of nitrogens with one attached hydrogen (secondary N) is 1. The second-order valence-electron chi connectivity index (χ2n) is 8.27. The summed E-state index contributed by atoms with van der Waals surface area (Å²) in [6.07, 6.45) is 6.21. The van der Waals surface area contributed by atoms with E-state index in [9.17, 15) is 14.4 Å². The van der Waals surface area contributed by atoms with Crippen molar-refractivity contribution in [2.45, 2.75) is 56.5 Å². The number of ether oxygens (including phenoxy) is 1. The number of furan rings is 1. The SMILES string of the molecule is COC(=O)CCNC(=O)C1c2ccccc2C(=O)N(Cc2ccco2)C12CCCCC2. The van der Waals surface area contributed by atoms with E-state index in [1.54, 1.807) is 12.3 Å². The van der Waals surface area contributed by atoms with Gasteiger partial charge < -0.3 is 19.4 Å². The molecule has 1 unspecified atom stereocenters. The summed E-state index contributed by atoms with van der Waals surface area (Å²) >= 11 is 0. The van der Waals surface area contributed by atoms with Gasteiger partial charge in [-0.05, 0) is 36.6 Å². The Morgan fingerprint density at radius 1 is 1.16 bits per heavy atom. The third kappa shape index (κ3) is 3.96. The smallest absolute Gasteiger partial charge is 0.307 e. The van der Waals surface area contributed by atoms with E-state index in [-0.39, 0.29) is 30.7 Å². The molecule has 1 aliphatic carbocycles. The number of esters is 1. The van der Waals surface area contributed by atoms with Crippen molar-refractivity contribution in [3.05, 3.63) is 59.5 Å². The van der Waals surface area contributed by atoms with Crippen LogP contribution in [-0.4, -0.2) is 41.9 Å². The number of carbonyl (C=O) groups is 3. The van der Waals surface area contributed by atoms with Gasteiger partial charge in [0.15, 0.2) is 0 Å². The molecule has 1 saturated carbocycles. The van der Waals surface area contributed by atoms with Gasteiger partial charge in [0.2, 0.25) is 5.91 Å². The molecule has 31 heavy (non-hydrogen) atoms. The van der Waals surface area contributed by atoms with Crippen molar-refractivity contribution in [2.24, 2.45) is 0 Å². The number of methoxy groups -OCH3 is 1. The summed E-state index contributed by atoms with van der Waals surface area (Å²) in [4.78, 5) is 40.5. The molecule has 7 nitrogen and oxygen atoms in total. The van der Waals surface area contributed by atoms with Crippen LogP contribution in [0.4, 0.5) is 0 Å². The molecule has 2 aromatic rings. The Bertz CT molecular complexity index is 947. The summed E-state index contributed by atoms with van der Waals surface area (Å²) < 4.78 is 10.2. The molecule has 2 aliphatic rings. The highest BCUT2D eigenvalue weighted by Gasteiger charge is 2.54. The fourth-order valence-electron chi connectivity index (χ4n) is 5.12. The van der Waals surface area contributed by atoms with Gasteiger partial charge in [0, 0.05) is 12.1 Å². The zero-order chi connectivity index (χ0) is 21.8. The maximum Gasteiger partial charge on any atom is 0.307 e. The number of hydrogen-bond acceptors (Lipinski definition) is 5. The van der Waals surface area contributed by atoms with Crippen LogP contribution in [-0.2, 0) is 20.9 Å². The first-order chi connectivity index (χ1) is 15.1. The molecule has 1 aliphatic heterocycles. The topological polar surface area (TPSA) is 88.8 Å². The Hall–Kier alpha value is -3.09. The maximum absolute atomic E-state index is 13.6. The fraction of sp³-hybridized carbons (Fsp3) is 0.458. The van der Waals surface area contributed by atoms with Crippen LogP contribution in [0.5, 0.6) is 0 Å². The van der Waals surface area contributed by atoms with Gasteiger partial charge in [-0.2, -0.15) is 0 Å². The van der Waals surface area contributed by atoms with E-state index >= 15 is 0 Å². The average Bonchev–Trinajstić information content (AvgIpc) is 3.31. The highest BCUT2D eigenvalue weighted by Crippen LogP contribution is 2.49. The Labute approximate surface area is 181 Å². The Morgan fingerprint density at radius 2 is 1.94 bits per heavy atom. The second-order valence-corrected chi connectivity index (χ2v) is 8.27. The minimum absolute atomic E-state index is 0.0625. The average molecular weight is 424 g/mol. The van der Waals surface area contributed by atoms with E-state index in [0.29, 0.717) is 17.9 Å².